The molecule has 1 aromatic rings. The number of hydrogen-bond donors (Lipinski definition) is 1. The topological polar surface area (TPSA) is 97.7 Å². The highest BCUT2D eigenvalue weighted by Gasteiger charge is 2.26. The average molecular weight is 284 g/mol. The summed E-state index contributed by atoms with van der Waals surface area (Å²) >= 11 is 0. The quantitative estimate of drug-likeness (QED) is 0.878. The third kappa shape index (κ3) is 2.71. The van der Waals surface area contributed by atoms with Crippen LogP contribution in [0.5, 0.6) is 5.75 Å². The maximum absolute atomic E-state index is 12.3. The van der Waals surface area contributed by atoms with Crippen molar-refractivity contribution in [3.63, 3.8) is 0 Å². The molecule has 6 nitrogen and oxygen atoms in total. The maximum atomic E-state index is 12.3. The van der Waals surface area contributed by atoms with Crippen molar-refractivity contribution in [2.75, 3.05) is 13.1 Å². The molecule has 0 aromatic heterocycles. The zero-order chi connectivity index (χ0) is 14.0. The largest absolute Gasteiger partial charge is 0.872 e. The summed E-state index contributed by atoms with van der Waals surface area (Å²) in [5.74, 6) is -2.11. The highest BCUT2D eigenvalue weighted by Crippen LogP contribution is 2.24. The highest BCUT2D eigenvalue weighted by atomic mass is 32.2. The number of rotatable bonds is 3. The van der Waals surface area contributed by atoms with Gasteiger partial charge in [-0.05, 0) is 25.0 Å². The van der Waals surface area contributed by atoms with Crippen molar-refractivity contribution in [3.05, 3.63) is 23.8 Å². The lowest BCUT2D eigenvalue weighted by atomic mass is 10.2. The molecule has 0 aliphatic carbocycles. The first-order valence-corrected chi connectivity index (χ1v) is 7.41. The second-order valence-corrected chi connectivity index (χ2v) is 6.37. The Morgan fingerprint density at radius 1 is 1.21 bits per heavy atom. The van der Waals surface area contributed by atoms with Gasteiger partial charge in [-0.15, -0.1) is 0 Å². The summed E-state index contributed by atoms with van der Waals surface area (Å²) in [6.07, 6.45) is 2.58. The fraction of sp³-hybridized carbons (Fsp3) is 0.417. The monoisotopic (exact) mass is 284 g/mol. The molecule has 104 valence electrons. The molecular weight excluding hydrogens is 270 g/mol. The number of piperidine rings is 1. The standard InChI is InChI=1S/C12H15NO5S/c14-11-5-4-9(8-10(11)12(15)16)19(17,18)13-6-2-1-3-7-13/h4-5,8,14H,1-3,6-7H2,(H,15,16)/p-1. The van der Waals surface area contributed by atoms with E-state index in [1.165, 1.54) is 10.4 Å². The summed E-state index contributed by atoms with van der Waals surface area (Å²) in [5.41, 5.74) is -0.516. The van der Waals surface area contributed by atoms with Gasteiger partial charge < -0.3 is 10.2 Å². The van der Waals surface area contributed by atoms with Gasteiger partial charge in [-0.3, -0.25) is 0 Å². The van der Waals surface area contributed by atoms with Crippen LogP contribution in [0.4, 0.5) is 0 Å². The summed E-state index contributed by atoms with van der Waals surface area (Å²) in [4.78, 5) is 10.7. The lowest BCUT2D eigenvalue weighted by Gasteiger charge is -2.26. The third-order valence-corrected chi connectivity index (χ3v) is 5.03. The van der Waals surface area contributed by atoms with E-state index in [9.17, 15) is 18.3 Å². The summed E-state index contributed by atoms with van der Waals surface area (Å²) in [5, 5.41) is 20.2. The molecule has 1 saturated heterocycles. The molecule has 2 rings (SSSR count). The number of sulfonamides is 1. The van der Waals surface area contributed by atoms with Gasteiger partial charge in [0.25, 0.3) is 0 Å². The summed E-state index contributed by atoms with van der Waals surface area (Å²) < 4.78 is 25.9. The Balaban J connectivity index is 2.40. The number of carbonyl (C=O) groups is 1. The Hall–Kier alpha value is -1.60. The zero-order valence-corrected chi connectivity index (χ0v) is 11.0. The second-order valence-electron chi connectivity index (χ2n) is 4.43. The third-order valence-electron chi connectivity index (χ3n) is 3.13. The Bertz CT molecular complexity index is 590. The number of carboxylic acid groups (broad SMARTS) is 1. The molecule has 7 heteroatoms. The van der Waals surface area contributed by atoms with Gasteiger partial charge in [0.1, 0.15) is 0 Å². The smallest absolute Gasteiger partial charge is 0.335 e. The molecule has 0 atom stereocenters. The van der Waals surface area contributed by atoms with Crippen molar-refractivity contribution in [2.45, 2.75) is 24.2 Å². The Labute approximate surface area is 111 Å². The van der Waals surface area contributed by atoms with E-state index >= 15 is 0 Å². The molecule has 0 bridgehead atoms. The van der Waals surface area contributed by atoms with Crippen LogP contribution >= 0.6 is 0 Å². The molecule has 19 heavy (non-hydrogen) atoms. The fourth-order valence-electron chi connectivity index (χ4n) is 2.09. The van der Waals surface area contributed by atoms with Crippen LogP contribution in [0, 0.1) is 0 Å². The molecule has 0 spiro atoms. The van der Waals surface area contributed by atoms with Crippen LogP contribution in [0.25, 0.3) is 0 Å². The molecule has 1 N–H and O–H groups in total. The van der Waals surface area contributed by atoms with Gasteiger partial charge in [0.15, 0.2) is 0 Å². The summed E-state index contributed by atoms with van der Waals surface area (Å²) in [6.45, 7) is 0.869. The van der Waals surface area contributed by atoms with E-state index in [4.69, 9.17) is 5.11 Å². The predicted molar refractivity (Wildman–Crippen MR) is 65.5 cm³/mol. The van der Waals surface area contributed by atoms with Gasteiger partial charge in [-0.25, -0.2) is 13.2 Å². The van der Waals surface area contributed by atoms with E-state index in [1.54, 1.807) is 0 Å². The van der Waals surface area contributed by atoms with Crippen LogP contribution in [0.1, 0.15) is 29.6 Å². The first-order chi connectivity index (χ1) is 8.93. The van der Waals surface area contributed by atoms with E-state index in [-0.39, 0.29) is 4.90 Å². The van der Waals surface area contributed by atoms with Crippen LogP contribution in [0.2, 0.25) is 0 Å². The van der Waals surface area contributed by atoms with Crippen molar-refractivity contribution >= 4 is 16.0 Å². The van der Waals surface area contributed by atoms with Gasteiger partial charge in [-0.1, -0.05) is 18.2 Å². The van der Waals surface area contributed by atoms with Crippen LogP contribution < -0.4 is 5.11 Å². The lowest BCUT2D eigenvalue weighted by molar-refractivity contribution is -0.268. The van der Waals surface area contributed by atoms with Gasteiger partial charge >= 0.3 is 5.97 Å². The number of hydrogen-bond acceptors (Lipinski definition) is 4. The van der Waals surface area contributed by atoms with E-state index in [0.29, 0.717) is 13.1 Å². The van der Waals surface area contributed by atoms with Crippen molar-refractivity contribution in [3.8, 4) is 5.75 Å². The number of nitrogens with zero attached hydrogens (tertiary/aromatic N) is 1. The maximum Gasteiger partial charge on any atom is 0.335 e. The molecule has 0 saturated carbocycles. The van der Waals surface area contributed by atoms with Crippen molar-refractivity contribution < 1.29 is 23.4 Å². The Kier molecular flexibility index (Phi) is 3.77. The molecule has 1 fully saturated rings. The average Bonchev–Trinajstić information content (AvgIpc) is 2.39. The van der Waals surface area contributed by atoms with Crippen LogP contribution in [-0.2, 0) is 10.0 Å². The Morgan fingerprint density at radius 3 is 2.42 bits per heavy atom. The van der Waals surface area contributed by atoms with Gasteiger partial charge in [0, 0.05) is 13.1 Å². The molecule has 1 heterocycles. The van der Waals surface area contributed by atoms with E-state index < -0.39 is 27.3 Å². The van der Waals surface area contributed by atoms with Crippen LogP contribution in [-0.4, -0.2) is 36.9 Å². The minimum absolute atomic E-state index is 0.133. The minimum atomic E-state index is -3.70. The van der Waals surface area contributed by atoms with Gasteiger partial charge in [0.05, 0.1) is 10.5 Å². The second kappa shape index (κ2) is 5.18. The van der Waals surface area contributed by atoms with Crippen molar-refractivity contribution in [2.24, 2.45) is 0 Å². The normalized spacial score (nSPS) is 17.3. The SMILES string of the molecule is O=C(O)c1cc(S(=O)(=O)N2CCCCC2)ccc1[O-]. The zero-order valence-electron chi connectivity index (χ0n) is 10.2. The molecule has 0 radical (unpaired) electrons. The molecule has 1 aliphatic rings. The molecule has 0 unspecified atom stereocenters. The summed E-state index contributed by atoms with van der Waals surface area (Å²) in [7, 11) is -3.70. The van der Waals surface area contributed by atoms with Crippen LogP contribution in [0.3, 0.4) is 0 Å². The van der Waals surface area contributed by atoms with Crippen molar-refractivity contribution in [1.29, 1.82) is 0 Å². The first kappa shape index (κ1) is 13.8. The lowest BCUT2D eigenvalue weighted by Crippen LogP contribution is -2.35. The Morgan fingerprint density at radius 2 is 1.84 bits per heavy atom. The minimum Gasteiger partial charge on any atom is -0.872 e. The van der Waals surface area contributed by atoms with E-state index in [1.807, 2.05) is 0 Å². The van der Waals surface area contributed by atoms with Gasteiger partial charge in [-0.2, -0.15) is 4.31 Å². The highest BCUT2D eigenvalue weighted by molar-refractivity contribution is 7.89. The number of aromatic carboxylic acids is 1. The van der Waals surface area contributed by atoms with Gasteiger partial charge in [0.2, 0.25) is 10.0 Å². The first-order valence-electron chi connectivity index (χ1n) is 5.97. The van der Waals surface area contributed by atoms with E-state index in [2.05, 4.69) is 0 Å². The van der Waals surface area contributed by atoms with E-state index in [0.717, 1.165) is 31.4 Å². The predicted octanol–water partition coefficient (Wildman–Crippen LogP) is 0.633. The number of benzene rings is 1. The molecule has 1 aliphatic heterocycles. The van der Waals surface area contributed by atoms with Crippen molar-refractivity contribution in [1.82, 2.24) is 4.31 Å². The fourth-order valence-corrected chi connectivity index (χ4v) is 3.63. The molecule has 0 amide bonds. The van der Waals surface area contributed by atoms with Crippen LogP contribution in [0.15, 0.2) is 23.1 Å². The molecule has 1 aromatic carbocycles. The summed E-state index contributed by atoms with van der Waals surface area (Å²) in [6, 6.07) is 3.09. The molecular formula is C12H14NO5S-. The number of carboxylic acids is 1.